The zero-order chi connectivity index (χ0) is 9.97. The molecule has 0 aliphatic carbocycles. The molecule has 1 saturated heterocycles. The molecule has 0 N–H and O–H groups in total. The van der Waals surface area contributed by atoms with E-state index in [-0.39, 0.29) is 5.82 Å². The standard InChI is InChI=1S/C11H13FIN/c12-10-5-3-4-9(11(10)13)8-14-6-1-2-7-14/h3-5H,1-2,6-8H2. The molecule has 2 rings (SSSR count). The quantitative estimate of drug-likeness (QED) is 0.759. The average Bonchev–Trinajstić information content (AvgIpc) is 2.66. The summed E-state index contributed by atoms with van der Waals surface area (Å²) in [6.07, 6.45) is 2.57. The highest BCUT2D eigenvalue weighted by atomic mass is 127. The molecule has 0 unspecified atom stereocenters. The van der Waals surface area contributed by atoms with Gasteiger partial charge >= 0.3 is 0 Å². The second-order valence-electron chi connectivity index (χ2n) is 3.70. The smallest absolute Gasteiger partial charge is 0.136 e. The van der Waals surface area contributed by atoms with Crippen molar-refractivity contribution in [3.63, 3.8) is 0 Å². The lowest BCUT2D eigenvalue weighted by Crippen LogP contribution is -2.19. The van der Waals surface area contributed by atoms with E-state index in [1.165, 1.54) is 18.9 Å². The number of halogens is 2. The summed E-state index contributed by atoms with van der Waals surface area (Å²) in [6, 6.07) is 5.33. The van der Waals surface area contributed by atoms with Gasteiger partial charge in [-0.3, -0.25) is 4.90 Å². The van der Waals surface area contributed by atoms with E-state index in [0.717, 1.165) is 28.8 Å². The van der Waals surface area contributed by atoms with E-state index >= 15 is 0 Å². The molecule has 76 valence electrons. The van der Waals surface area contributed by atoms with Crippen LogP contribution < -0.4 is 0 Å². The summed E-state index contributed by atoms with van der Waals surface area (Å²) >= 11 is 2.09. The highest BCUT2D eigenvalue weighted by Crippen LogP contribution is 2.19. The Balaban J connectivity index is 2.11. The van der Waals surface area contributed by atoms with Crippen LogP contribution in [-0.2, 0) is 6.54 Å². The molecule has 3 heteroatoms. The predicted octanol–water partition coefficient (Wildman–Crippen LogP) is 3.03. The van der Waals surface area contributed by atoms with Gasteiger partial charge in [0.2, 0.25) is 0 Å². The predicted molar refractivity (Wildman–Crippen MR) is 63.6 cm³/mol. The number of likely N-dealkylation sites (tertiary alicyclic amines) is 1. The van der Waals surface area contributed by atoms with Gasteiger partial charge < -0.3 is 0 Å². The molecule has 1 fully saturated rings. The Kier molecular flexibility index (Phi) is 3.38. The first kappa shape index (κ1) is 10.4. The Morgan fingerprint density at radius 3 is 2.71 bits per heavy atom. The Labute approximate surface area is 97.4 Å². The number of hydrogen-bond donors (Lipinski definition) is 0. The van der Waals surface area contributed by atoms with Crippen molar-refractivity contribution >= 4 is 22.6 Å². The number of rotatable bonds is 2. The van der Waals surface area contributed by atoms with Crippen LogP contribution in [0.5, 0.6) is 0 Å². The van der Waals surface area contributed by atoms with Crippen LogP contribution in [0.25, 0.3) is 0 Å². The molecule has 1 aliphatic rings. The van der Waals surface area contributed by atoms with Gasteiger partial charge in [-0.1, -0.05) is 12.1 Å². The molecule has 0 atom stereocenters. The van der Waals surface area contributed by atoms with E-state index in [4.69, 9.17) is 0 Å². The van der Waals surface area contributed by atoms with Crippen molar-refractivity contribution in [2.45, 2.75) is 19.4 Å². The monoisotopic (exact) mass is 305 g/mol. The van der Waals surface area contributed by atoms with Crippen LogP contribution in [-0.4, -0.2) is 18.0 Å². The summed E-state index contributed by atoms with van der Waals surface area (Å²) in [4.78, 5) is 2.39. The summed E-state index contributed by atoms with van der Waals surface area (Å²) in [7, 11) is 0. The van der Waals surface area contributed by atoms with Crippen molar-refractivity contribution in [1.29, 1.82) is 0 Å². The minimum atomic E-state index is -0.0951. The second-order valence-corrected chi connectivity index (χ2v) is 4.77. The summed E-state index contributed by atoms with van der Waals surface area (Å²) < 4.78 is 14.0. The first-order valence-corrected chi connectivity index (χ1v) is 6.00. The van der Waals surface area contributed by atoms with Crippen LogP contribution in [0.4, 0.5) is 4.39 Å². The Morgan fingerprint density at radius 1 is 1.29 bits per heavy atom. The van der Waals surface area contributed by atoms with Crippen molar-refractivity contribution < 1.29 is 4.39 Å². The number of hydrogen-bond acceptors (Lipinski definition) is 1. The molecule has 1 nitrogen and oxygen atoms in total. The SMILES string of the molecule is Fc1cccc(CN2CCCC2)c1I. The van der Waals surface area contributed by atoms with Gasteiger partial charge in [-0.2, -0.15) is 0 Å². The molecule has 0 bridgehead atoms. The third-order valence-electron chi connectivity index (χ3n) is 2.62. The van der Waals surface area contributed by atoms with Crippen LogP contribution in [0.15, 0.2) is 18.2 Å². The van der Waals surface area contributed by atoms with Gasteiger partial charge in [0.05, 0.1) is 3.57 Å². The van der Waals surface area contributed by atoms with E-state index in [1.54, 1.807) is 6.07 Å². The maximum absolute atomic E-state index is 13.2. The van der Waals surface area contributed by atoms with Crippen LogP contribution in [0.2, 0.25) is 0 Å². The van der Waals surface area contributed by atoms with Crippen molar-refractivity contribution in [3.05, 3.63) is 33.1 Å². The van der Waals surface area contributed by atoms with Gasteiger partial charge in [-0.25, -0.2) is 4.39 Å². The molecule has 0 saturated carbocycles. The van der Waals surface area contributed by atoms with Gasteiger partial charge in [-0.05, 0) is 60.2 Å². The molecule has 0 spiro atoms. The van der Waals surface area contributed by atoms with Crippen LogP contribution in [0.1, 0.15) is 18.4 Å². The molecule has 1 aliphatic heterocycles. The van der Waals surface area contributed by atoms with E-state index in [0.29, 0.717) is 0 Å². The highest BCUT2D eigenvalue weighted by molar-refractivity contribution is 14.1. The Hall–Kier alpha value is -0.160. The molecule has 0 amide bonds. The average molecular weight is 305 g/mol. The maximum Gasteiger partial charge on any atom is 0.136 e. The maximum atomic E-state index is 13.2. The minimum Gasteiger partial charge on any atom is -0.299 e. The molecule has 1 heterocycles. The van der Waals surface area contributed by atoms with Crippen molar-refractivity contribution in [1.82, 2.24) is 4.90 Å². The Bertz CT molecular complexity index is 321. The highest BCUT2D eigenvalue weighted by Gasteiger charge is 2.14. The van der Waals surface area contributed by atoms with Gasteiger partial charge in [-0.15, -0.1) is 0 Å². The van der Waals surface area contributed by atoms with Crippen LogP contribution >= 0.6 is 22.6 Å². The molecular formula is C11H13FIN. The topological polar surface area (TPSA) is 3.24 Å². The molecule has 14 heavy (non-hydrogen) atoms. The number of benzene rings is 1. The molecular weight excluding hydrogens is 292 g/mol. The number of nitrogens with zero attached hydrogens (tertiary/aromatic N) is 1. The van der Waals surface area contributed by atoms with Crippen LogP contribution in [0.3, 0.4) is 0 Å². The second kappa shape index (κ2) is 4.57. The van der Waals surface area contributed by atoms with Gasteiger partial charge in [0.15, 0.2) is 0 Å². The zero-order valence-electron chi connectivity index (χ0n) is 7.97. The summed E-state index contributed by atoms with van der Waals surface area (Å²) in [6.45, 7) is 3.22. The lowest BCUT2D eigenvalue weighted by molar-refractivity contribution is 0.330. The first-order chi connectivity index (χ1) is 6.77. The van der Waals surface area contributed by atoms with E-state index in [1.807, 2.05) is 6.07 Å². The van der Waals surface area contributed by atoms with Crippen LogP contribution in [0, 0.1) is 9.39 Å². The summed E-state index contributed by atoms with van der Waals surface area (Å²) in [5.41, 5.74) is 1.12. The molecule has 0 radical (unpaired) electrons. The van der Waals surface area contributed by atoms with E-state index in [2.05, 4.69) is 27.5 Å². The molecule has 1 aromatic carbocycles. The lowest BCUT2D eigenvalue weighted by atomic mass is 10.2. The van der Waals surface area contributed by atoms with E-state index in [9.17, 15) is 4.39 Å². The van der Waals surface area contributed by atoms with Crippen molar-refractivity contribution in [2.24, 2.45) is 0 Å². The van der Waals surface area contributed by atoms with Gasteiger partial charge in [0, 0.05) is 6.54 Å². The van der Waals surface area contributed by atoms with E-state index < -0.39 is 0 Å². The summed E-state index contributed by atoms with van der Waals surface area (Å²) in [5, 5.41) is 0. The van der Waals surface area contributed by atoms with Gasteiger partial charge in [0.1, 0.15) is 5.82 Å². The normalized spacial score (nSPS) is 17.6. The van der Waals surface area contributed by atoms with Crippen molar-refractivity contribution in [2.75, 3.05) is 13.1 Å². The minimum absolute atomic E-state index is 0.0951. The first-order valence-electron chi connectivity index (χ1n) is 4.92. The third kappa shape index (κ3) is 2.25. The fourth-order valence-corrected chi connectivity index (χ4v) is 2.38. The summed E-state index contributed by atoms with van der Waals surface area (Å²) in [5.74, 6) is -0.0951. The fourth-order valence-electron chi connectivity index (χ4n) is 1.85. The molecule has 0 aromatic heterocycles. The van der Waals surface area contributed by atoms with Gasteiger partial charge in [0.25, 0.3) is 0 Å². The fraction of sp³-hybridized carbons (Fsp3) is 0.455. The third-order valence-corrected chi connectivity index (χ3v) is 3.83. The lowest BCUT2D eigenvalue weighted by Gasteiger charge is -2.15. The zero-order valence-corrected chi connectivity index (χ0v) is 10.1. The van der Waals surface area contributed by atoms with Crippen molar-refractivity contribution in [3.8, 4) is 0 Å². The molecule has 1 aromatic rings. The largest absolute Gasteiger partial charge is 0.299 e. The Morgan fingerprint density at radius 2 is 2.00 bits per heavy atom.